The fraction of sp³-hybridized carbons (Fsp3) is 0.190. The van der Waals surface area contributed by atoms with Crippen molar-refractivity contribution in [2.24, 2.45) is 0 Å². The molecule has 4 aromatic rings. The highest BCUT2D eigenvalue weighted by molar-refractivity contribution is 5.89. The molecule has 0 aliphatic carbocycles. The summed E-state index contributed by atoms with van der Waals surface area (Å²) in [6.07, 6.45) is 1.33. The van der Waals surface area contributed by atoms with Crippen LogP contribution < -0.4 is 5.32 Å². The first kappa shape index (κ1) is 18.0. The fourth-order valence-corrected chi connectivity index (χ4v) is 3.25. The Kier molecular flexibility index (Phi) is 4.50. The molecule has 2 heterocycles. The third-order valence-electron chi connectivity index (χ3n) is 4.68. The van der Waals surface area contributed by atoms with Crippen LogP contribution in [0.4, 0.5) is 14.6 Å². The van der Waals surface area contributed by atoms with Crippen LogP contribution in [0.25, 0.3) is 16.6 Å². The standard InChI is InChI=1S/C21H19F2N5/c1-12-8-13(2)28(27-12)16-6-4-15(5-7-16)14(3)26-21-17-9-18(22)19(23)10-20(17)24-11-25-21/h4-11,14H,1-3H3,(H,24,25,26). The summed E-state index contributed by atoms with van der Waals surface area (Å²) in [5.41, 5.74) is 4.39. The number of nitrogens with zero attached hydrogens (tertiary/aromatic N) is 4. The molecule has 5 nitrogen and oxygen atoms in total. The Bertz CT molecular complexity index is 1150. The highest BCUT2D eigenvalue weighted by atomic mass is 19.2. The van der Waals surface area contributed by atoms with Gasteiger partial charge in [-0.1, -0.05) is 12.1 Å². The van der Waals surface area contributed by atoms with Crippen LogP contribution in [0.5, 0.6) is 0 Å². The molecule has 0 fully saturated rings. The monoisotopic (exact) mass is 379 g/mol. The normalized spacial score (nSPS) is 12.3. The molecule has 0 saturated carbocycles. The Labute approximate surface area is 161 Å². The number of fused-ring (bicyclic) bond motifs is 1. The molecule has 1 unspecified atom stereocenters. The quantitative estimate of drug-likeness (QED) is 0.549. The van der Waals surface area contributed by atoms with Gasteiger partial charge in [-0.3, -0.25) is 0 Å². The van der Waals surface area contributed by atoms with Crippen molar-refractivity contribution in [3.05, 3.63) is 77.4 Å². The smallest absolute Gasteiger partial charge is 0.161 e. The van der Waals surface area contributed by atoms with Crippen LogP contribution in [0.2, 0.25) is 0 Å². The number of aromatic nitrogens is 4. The lowest BCUT2D eigenvalue weighted by atomic mass is 10.1. The van der Waals surface area contributed by atoms with E-state index < -0.39 is 11.6 Å². The topological polar surface area (TPSA) is 55.6 Å². The molecular weight excluding hydrogens is 360 g/mol. The van der Waals surface area contributed by atoms with E-state index in [9.17, 15) is 8.78 Å². The van der Waals surface area contributed by atoms with E-state index in [4.69, 9.17) is 0 Å². The number of aryl methyl sites for hydroxylation is 2. The molecule has 0 bridgehead atoms. The first-order chi connectivity index (χ1) is 13.4. The minimum Gasteiger partial charge on any atom is -0.363 e. The molecule has 1 atom stereocenters. The van der Waals surface area contributed by atoms with E-state index in [-0.39, 0.29) is 6.04 Å². The van der Waals surface area contributed by atoms with Crippen LogP contribution in [0.15, 0.2) is 48.8 Å². The van der Waals surface area contributed by atoms with Crippen LogP contribution in [0.3, 0.4) is 0 Å². The van der Waals surface area contributed by atoms with Crippen molar-refractivity contribution in [1.82, 2.24) is 19.7 Å². The number of nitrogens with one attached hydrogen (secondary N) is 1. The Hall–Kier alpha value is -3.35. The molecule has 7 heteroatoms. The molecule has 2 aromatic heterocycles. The van der Waals surface area contributed by atoms with Crippen molar-refractivity contribution >= 4 is 16.7 Å². The fourth-order valence-electron chi connectivity index (χ4n) is 3.25. The summed E-state index contributed by atoms with van der Waals surface area (Å²) in [5, 5.41) is 8.19. The largest absolute Gasteiger partial charge is 0.363 e. The lowest BCUT2D eigenvalue weighted by Crippen LogP contribution is -2.09. The molecule has 0 spiro atoms. The number of halogens is 2. The van der Waals surface area contributed by atoms with Gasteiger partial charge in [0.15, 0.2) is 11.6 Å². The van der Waals surface area contributed by atoms with E-state index in [2.05, 4.69) is 20.4 Å². The first-order valence-corrected chi connectivity index (χ1v) is 8.92. The van der Waals surface area contributed by atoms with Gasteiger partial charge in [0.2, 0.25) is 0 Å². The molecule has 1 N–H and O–H groups in total. The maximum absolute atomic E-state index is 13.7. The van der Waals surface area contributed by atoms with Gasteiger partial charge in [0.05, 0.1) is 16.9 Å². The minimum absolute atomic E-state index is 0.0966. The zero-order valence-corrected chi connectivity index (χ0v) is 15.7. The Morgan fingerprint density at radius 2 is 1.68 bits per heavy atom. The van der Waals surface area contributed by atoms with E-state index in [0.29, 0.717) is 16.7 Å². The van der Waals surface area contributed by atoms with Gasteiger partial charge in [-0.05, 0) is 50.6 Å². The van der Waals surface area contributed by atoms with Crippen molar-refractivity contribution in [3.63, 3.8) is 0 Å². The summed E-state index contributed by atoms with van der Waals surface area (Å²) < 4.78 is 29.0. The van der Waals surface area contributed by atoms with Crippen molar-refractivity contribution in [1.29, 1.82) is 0 Å². The van der Waals surface area contributed by atoms with Crippen LogP contribution in [0, 0.1) is 25.5 Å². The van der Waals surface area contributed by atoms with Gasteiger partial charge in [-0.15, -0.1) is 0 Å². The molecule has 2 aromatic carbocycles. The third-order valence-corrected chi connectivity index (χ3v) is 4.68. The van der Waals surface area contributed by atoms with E-state index >= 15 is 0 Å². The molecular formula is C21H19F2N5. The van der Waals surface area contributed by atoms with E-state index in [0.717, 1.165) is 34.8 Å². The number of benzene rings is 2. The second-order valence-corrected chi connectivity index (χ2v) is 6.80. The van der Waals surface area contributed by atoms with Gasteiger partial charge in [-0.25, -0.2) is 23.4 Å². The average Bonchev–Trinajstić information content (AvgIpc) is 3.01. The molecule has 0 amide bonds. The Morgan fingerprint density at radius 3 is 2.36 bits per heavy atom. The summed E-state index contributed by atoms with van der Waals surface area (Å²) in [4.78, 5) is 8.21. The van der Waals surface area contributed by atoms with Gasteiger partial charge in [0.1, 0.15) is 12.1 Å². The molecule has 0 aliphatic rings. The van der Waals surface area contributed by atoms with Gasteiger partial charge in [0.25, 0.3) is 0 Å². The number of rotatable bonds is 4. The van der Waals surface area contributed by atoms with Crippen molar-refractivity contribution < 1.29 is 8.78 Å². The number of hydrogen-bond donors (Lipinski definition) is 1. The molecule has 0 radical (unpaired) electrons. The van der Waals surface area contributed by atoms with Crippen molar-refractivity contribution in [3.8, 4) is 5.69 Å². The molecule has 0 saturated heterocycles. The van der Waals surface area contributed by atoms with E-state index in [1.807, 2.05) is 55.8 Å². The van der Waals surface area contributed by atoms with Crippen molar-refractivity contribution in [2.75, 3.05) is 5.32 Å². The Balaban J connectivity index is 1.60. The van der Waals surface area contributed by atoms with Gasteiger partial charge in [-0.2, -0.15) is 5.10 Å². The lowest BCUT2D eigenvalue weighted by Gasteiger charge is -2.17. The Morgan fingerprint density at radius 1 is 0.964 bits per heavy atom. The summed E-state index contributed by atoms with van der Waals surface area (Å²) >= 11 is 0. The van der Waals surface area contributed by atoms with Gasteiger partial charge >= 0.3 is 0 Å². The minimum atomic E-state index is -0.926. The van der Waals surface area contributed by atoms with Gasteiger partial charge in [0, 0.05) is 23.2 Å². The predicted molar refractivity (Wildman–Crippen MR) is 105 cm³/mol. The zero-order chi connectivity index (χ0) is 19.8. The third kappa shape index (κ3) is 3.31. The van der Waals surface area contributed by atoms with Crippen LogP contribution in [-0.4, -0.2) is 19.7 Å². The zero-order valence-electron chi connectivity index (χ0n) is 15.7. The molecule has 4 rings (SSSR count). The van der Waals surface area contributed by atoms with E-state index in [1.54, 1.807) is 0 Å². The maximum Gasteiger partial charge on any atom is 0.161 e. The summed E-state index contributed by atoms with van der Waals surface area (Å²) in [6, 6.07) is 12.1. The lowest BCUT2D eigenvalue weighted by molar-refractivity contribution is 0.510. The average molecular weight is 379 g/mol. The van der Waals surface area contributed by atoms with Crippen LogP contribution >= 0.6 is 0 Å². The molecule has 0 aliphatic heterocycles. The second kappa shape index (κ2) is 6.99. The van der Waals surface area contributed by atoms with E-state index in [1.165, 1.54) is 6.33 Å². The summed E-state index contributed by atoms with van der Waals surface area (Å²) in [6.45, 7) is 5.96. The second-order valence-electron chi connectivity index (χ2n) is 6.80. The molecule has 28 heavy (non-hydrogen) atoms. The SMILES string of the molecule is Cc1cc(C)n(-c2ccc(C(C)Nc3ncnc4cc(F)c(F)cc34)cc2)n1. The summed E-state index contributed by atoms with van der Waals surface area (Å²) in [7, 11) is 0. The highest BCUT2D eigenvalue weighted by Crippen LogP contribution is 2.26. The first-order valence-electron chi connectivity index (χ1n) is 8.92. The number of anilines is 1. The molecule has 142 valence electrons. The van der Waals surface area contributed by atoms with Crippen LogP contribution in [0.1, 0.15) is 29.9 Å². The van der Waals surface area contributed by atoms with Gasteiger partial charge < -0.3 is 5.32 Å². The summed E-state index contributed by atoms with van der Waals surface area (Å²) in [5.74, 6) is -1.39. The highest BCUT2D eigenvalue weighted by Gasteiger charge is 2.13. The maximum atomic E-state index is 13.7. The number of hydrogen-bond acceptors (Lipinski definition) is 4. The predicted octanol–water partition coefficient (Wildman–Crippen LogP) is 4.88. The van der Waals surface area contributed by atoms with Crippen molar-refractivity contribution in [2.45, 2.75) is 26.8 Å². The van der Waals surface area contributed by atoms with Crippen LogP contribution in [-0.2, 0) is 0 Å².